The quantitative estimate of drug-likeness (QED) is 0.418. The largest absolute Gasteiger partial charge is 0.457 e. The Morgan fingerprint density at radius 1 is 1.05 bits per heavy atom. The van der Waals surface area contributed by atoms with E-state index in [1.165, 1.54) is 0 Å². The van der Waals surface area contributed by atoms with Crippen LogP contribution < -0.4 is 0 Å². The van der Waals surface area contributed by atoms with Crippen molar-refractivity contribution in [3.8, 4) is 0 Å². The first-order chi connectivity index (χ1) is 19.5. The van der Waals surface area contributed by atoms with E-state index in [0.29, 0.717) is 25.7 Å². The number of fused-ring (bicyclic) bond motifs is 5. The molecule has 0 radical (unpaired) electrons. The second-order valence-electron chi connectivity index (χ2n) is 12.9. The molecule has 1 aromatic carbocycles. The lowest BCUT2D eigenvalue weighted by Crippen LogP contribution is -2.63. The molecular formula is C34H42O7. The summed E-state index contributed by atoms with van der Waals surface area (Å²) in [5.41, 5.74) is -0.638. The normalized spacial score (nSPS) is 35.5. The lowest BCUT2D eigenvalue weighted by Gasteiger charge is -2.59. The Kier molecular flexibility index (Phi) is 8.12. The van der Waals surface area contributed by atoms with Gasteiger partial charge in [-0.2, -0.15) is 0 Å². The van der Waals surface area contributed by atoms with Crippen LogP contribution in [-0.2, 0) is 35.1 Å². The second kappa shape index (κ2) is 11.3. The molecule has 41 heavy (non-hydrogen) atoms. The van der Waals surface area contributed by atoms with Crippen molar-refractivity contribution in [1.29, 1.82) is 0 Å². The summed E-state index contributed by atoms with van der Waals surface area (Å²) >= 11 is 0. The van der Waals surface area contributed by atoms with Crippen LogP contribution in [0.2, 0.25) is 0 Å². The topological polar surface area (TPSA) is 107 Å². The smallest absolute Gasteiger partial charge is 0.306 e. The van der Waals surface area contributed by atoms with E-state index in [0.717, 1.165) is 24.0 Å². The maximum atomic E-state index is 14.0. The third-order valence-corrected chi connectivity index (χ3v) is 10.6. The van der Waals surface area contributed by atoms with Gasteiger partial charge in [-0.15, -0.1) is 0 Å². The molecule has 0 aliphatic heterocycles. The van der Waals surface area contributed by atoms with E-state index in [4.69, 9.17) is 9.47 Å². The molecule has 7 atom stereocenters. The van der Waals surface area contributed by atoms with Crippen molar-refractivity contribution in [2.24, 2.45) is 28.6 Å². The molecule has 0 amide bonds. The summed E-state index contributed by atoms with van der Waals surface area (Å²) in [5, 5.41) is 11.8. The van der Waals surface area contributed by atoms with Crippen LogP contribution in [0.5, 0.6) is 0 Å². The number of esters is 2. The van der Waals surface area contributed by atoms with Gasteiger partial charge >= 0.3 is 11.9 Å². The molecular weight excluding hydrogens is 520 g/mol. The maximum absolute atomic E-state index is 14.0. The van der Waals surface area contributed by atoms with Gasteiger partial charge in [0.05, 0.1) is 6.10 Å². The zero-order chi connectivity index (χ0) is 29.4. The monoisotopic (exact) mass is 562 g/mol. The highest BCUT2D eigenvalue weighted by atomic mass is 16.6. The lowest BCUT2D eigenvalue weighted by atomic mass is 9.46. The SMILES string of the molecule is CCCC(=O)O[C@@]1(C(=O)COC(=O)CCc2ccccc2)CC[C@H]2[C@@H]3CCC4=CC(=O)C=C[C@]4(C)[C@H]3[C@@H](O)C[C@@]21C. The number of allylic oxidation sites excluding steroid dienone is 4. The molecule has 3 fully saturated rings. The van der Waals surface area contributed by atoms with Crippen molar-refractivity contribution in [1.82, 2.24) is 0 Å². The van der Waals surface area contributed by atoms with Crippen molar-refractivity contribution in [3.05, 3.63) is 59.7 Å². The van der Waals surface area contributed by atoms with Crippen LogP contribution in [0.1, 0.15) is 77.7 Å². The van der Waals surface area contributed by atoms with Crippen LogP contribution in [0.15, 0.2) is 54.1 Å². The third-order valence-electron chi connectivity index (χ3n) is 10.6. The van der Waals surface area contributed by atoms with Gasteiger partial charge < -0.3 is 14.6 Å². The van der Waals surface area contributed by atoms with E-state index in [1.54, 1.807) is 12.2 Å². The molecule has 4 aliphatic carbocycles. The summed E-state index contributed by atoms with van der Waals surface area (Å²) in [6.45, 7) is 5.50. The van der Waals surface area contributed by atoms with Gasteiger partial charge in [0.2, 0.25) is 5.78 Å². The number of ketones is 2. The number of carbonyl (C=O) groups is 4. The molecule has 0 heterocycles. The van der Waals surface area contributed by atoms with Crippen LogP contribution in [0.3, 0.4) is 0 Å². The minimum atomic E-state index is -1.47. The van der Waals surface area contributed by atoms with E-state index >= 15 is 0 Å². The van der Waals surface area contributed by atoms with Crippen molar-refractivity contribution < 1.29 is 33.8 Å². The van der Waals surface area contributed by atoms with Crippen LogP contribution in [0, 0.1) is 28.6 Å². The Hall–Kier alpha value is -3.06. The van der Waals surface area contributed by atoms with E-state index in [1.807, 2.05) is 50.3 Å². The number of rotatable bonds is 9. The Bertz CT molecular complexity index is 1260. The summed E-state index contributed by atoms with van der Waals surface area (Å²) in [6, 6.07) is 9.61. The standard InChI is InChI=1S/C34H42O7/c1-4-8-30(39)41-34(28(37)21-40-29(38)14-11-22-9-6-5-7-10-22)18-16-26-25-13-12-23-19-24(35)15-17-32(23,2)31(25)27(36)20-33(26,34)3/h5-7,9-10,15,17,19,25-27,31,36H,4,8,11-14,16,18,20-21H2,1-3H3/t25-,26-,27-,31+,32-,33-,34+/m0/s1. The van der Waals surface area contributed by atoms with Crippen LogP contribution >= 0.6 is 0 Å². The predicted octanol–water partition coefficient (Wildman–Crippen LogP) is 5.09. The number of aliphatic hydroxyl groups excluding tert-OH is 1. The molecule has 0 bridgehead atoms. The Morgan fingerprint density at radius 3 is 2.54 bits per heavy atom. The van der Waals surface area contributed by atoms with Crippen molar-refractivity contribution in [3.63, 3.8) is 0 Å². The first kappa shape index (κ1) is 29.4. The van der Waals surface area contributed by atoms with Gasteiger partial charge in [0.15, 0.2) is 18.0 Å². The summed E-state index contributed by atoms with van der Waals surface area (Å²) < 4.78 is 11.6. The van der Waals surface area contributed by atoms with Crippen LogP contribution in [-0.4, -0.2) is 46.9 Å². The molecule has 7 heteroatoms. The summed E-state index contributed by atoms with van der Waals surface area (Å²) in [6.07, 6.45) is 8.81. The van der Waals surface area contributed by atoms with Crippen LogP contribution in [0.4, 0.5) is 0 Å². The number of carbonyl (C=O) groups excluding carboxylic acids is 4. The fourth-order valence-electron chi connectivity index (χ4n) is 8.67. The van der Waals surface area contributed by atoms with Crippen molar-refractivity contribution in [2.45, 2.75) is 90.3 Å². The Balaban J connectivity index is 1.38. The fourth-order valence-corrected chi connectivity index (χ4v) is 8.67. The van der Waals surface area contributed by atoms with Gasteiger partial charge in [0.25, 0.3) is 0 Å². The number of hydrogen-bond acceptors (Lipinski definition) is 7. The molecule has 220 valence electrons. The molecule has 3 saturated carbocycles. The van der Waals surface area contributed by atoms with E-state index in [-0.39, 0.29) is 42.8 Å². The van der Waals surface area contributed by atoms with E-state index < -0.39 is 46.9 Å². The highest BCUT2D eigenvalue weighted by molar-refractivity contribution is 6.01. The van der Waals surface area contributed by atoms with Gasteiger partial charge in [0, 0.05) is 29.6 Å². The molecule has 4 aliphatic rings. The molecule has 1 N–H and O–H groups in total. The third kappa shape index (κ3) is 5.11. The molecule has 0 spiro atoms. The molecule has 0 saturated heterocycles. The minimum absolute atomic E-state index is 0.0160. The van der Waals surface area contributed by atoms with E-state index in [2.05, 4.69) is 6.92 Å². The summed E-state index contributed by atoms with van der Waals surface area (Å²) in [5.74, 6) is -1.31. The first-order valence-electron chi connectivity index (χ1n) is 15.1. The number of hydrogen-bond donors (Lipinski definition) is 1. The highest BCUT2D eigenvalue weighted by Crippen LogP contribution is 2.68. The second-order valence-corrected chi connectivity index (χ2v) is 12.9. The maximum Gasteiger partial charge on any atom is 0.306 e. The molecule has 0 aromatic heterocycles. The van der Waals surface area contributed by atoms with E-state index in [9.17, 15) is 24.3 Å². The zero-order valence-electron chi connectivity index (χ0n) is 24.4. The number of Topliss-reactive ketones (excluding diaryl/α,β-unsaturated/α-hetero) is 1. The van der Waals surface area contributed by atoms with Gasteiger partial charge in [-0.05, 0) is 74.5 Å². The predicted molar refractivity (Wildman–Crippen MR) is 152 cm³/mol. The molecule has 7 nitrogen and oxygen atoms in total. The summed E-state index contributed by atoms with van der Waals surface area (Å²) in [7, 11) is 0. The number of ether oxygens (including phenoxy) is 2. The highest BCUT2D eigenvalue weighted by Gasteiger charge is 2.70. The zero-order valence-corrected chi connectivity index (χ0v) is 24.4. The average molecular weight is 563 g/mol. The van der Waals surface area contributed by atoms with Crippen molar-refractivity contribution in [2.75, 3.05) is 6.61 Å². The van der Waals surface area contributed by atoms with Gasteiger partial charge in [-0.25, -0.2) is 0 Å². The number of aliphatic hydroxyl groups is 1. The molecule has 0 unspecified atom stereocenters. The summed E-state index contributed by atoms with van der Waals surface area (Å²) in [4.78, 5) is 51.7. The van der Waals surface area contributed by atoms with Crippen molar-refractivity contribution >= 4 is 23.5 Å². The van der Waals surface area contributed by atoms with Gasteiger partial charge in [-0.3, -0.25) is 19.2 Å². The molecule has 1 aromatic rings. The Labute approximate surface area is 242 Å². The number of benzene rings is 1. The minimum Gasteiger partial charge on any atom is -0.457 e. The van der Waals surface area contributed by atoms with Crippen LogP contribution in [0.25, 0.3) is 0 Å². The average Bonchev–Trinajstić information content (AvgIpc) is 3.23. The van der Waals surface area contributed by atoms with Gasteiger partial charge in [0.1, 0.15) is 0 Å². The number of aryl methyl sites for hydroxylation is 1. The van der Waals surface area contributed by atoms with Gasteiger partial charge in [-0.1, -0.05) is 62.8 Å². The molecule has 5 rings (SSSR count). The fraction of sp³-hybridized carbons (Fsp3) is 0.588. The lowest BCUT2D eigenvalue weighted by molar-refractivity contribution is -0.201. The first-order valence-corrected chi connectivity index (χ1v) is 15.1. The Morgan fingerprint density at radius 2 is 1.80 bits per heavy atom.